The van der Waals surface area contributed by atoms with E-state index in [9.17, 15) is 4.79 Å². The van der Waals surface area contributed by atoms with Gasteiger partial charge in [-0.15, -0.1) is 12.4 Å². The molecule has 1 aromatic heterocycles. The molecule has 0 atom stereocenters. The molecule has 0 saturated carbocycles. The van der Waals surface area contributed by atoms with Crippen LogP contribution in [0.3, 0.4) is 0 Å². The Morgan fingerprint density at radius 1 is 1.28 bits per heavy atom. The Morgan fingerprint density at radius 3 is 2.72 bits per heavy atom. The van der Waals surface area contributed by atoms with E-state index >= 15 is 0 Å². The summed E-state index contributed by atoms with van der Waals surface area (Å²) in [6, 6.07) is 6.32. The second-order valence-electron chi connectivity index (χ2n) is 4.79. The highest BCUT2D eigenvalue weighted by Gasteiger charge is 2.16. The molecule has 3 rings (SSSR count). The number of piperidine rings is 1. The lowest BCUT2D eigenvalue weighted by Gasteiger charge is -2.23. The maximum absolute atomic E-state index is 11.5. The molecule has 0 radical (unpaired) electrons. The van der Waals surface area contributed by atoms with Crippen LogP contribution in [0.1, 0.15) is 24.3 Å². The van der Waals surface area contributed by atoms with E-state index in [1.54, 1.807) is 4.57 Å². The van der Waals surface area contributed by atoms with E-state index in [1.165, 1.54) is 18.4 Å². The van der Waals surface area contributed by atoms with Gasteiger partial charge in [-0.05, 0) is 49.5 Å². The summed E-state index contributed by atoms with van der Waals surface area (Å²) in [5.41, 5.74) is 3.25. The highest BCUT2D eigenvalue weighted by atomic mass is 35.5. The number of rotatable bonds is 1. The fourth-order valence-electron chi connectivity index (χ4n) is 2.65. The Hall–Kier alpha value is -1.26. The summed E-state index contributed by atoms with van der Waals surface area (Å²) in [4.78, 5) is 14.4. The van der Waals surface area contributed by atoms with Crippen LogP contribution in [-0.4, -0.2) is 22.6 Å². The fraction of sp³-hybridized carbons (Fsp3) is 0.462. The number of imidazole rings is 1. The van der Waals surface area contributed by atoms with Crippen molar-refractivity contribution in [2.45, 2.75) is 18.8 Å². The van der Waals surface area contributed by atoms with Gasteiger partial charge in [0.25, 0.3) is 0 Å². The smallest absolute Gasteiger partial charge is 0.317 e. The normalized spacial score (nSPS) is 16.7. The summed E-state index contributed by atoms with van der Waals surface area (Å²) in [7, 11) is 1.81. The molecule has 0 unspecified atom stereocenters. The zero-order chi connectivity index (χ0) is 11.8. The van der Waals surface area contributed by atoms with Gasteiger partial charge in [0.05, 0.1) is 11.0 Å². The number of aromatic amines is 1. The van der Waals surface area contributed by atoms with Gasteiger partial charge in [-0.3, -0.25) is 4.57 Å². The minimum atomic E-state index is -0.0394. The standard InChI is InChI=1S/C13H17N3O.ClH/c1-16-12-8-10(9-4-6-14-7-5-9)2-3-11(12)15-13(16)17;/h2-3,8-9,14H,4-7H2,1H3,(H,15,17);1H. The van der Waals surface area contributed by atoms with Crippen LogP contribution in [0.5, 0.6) is 0 Å². The summed E-state index contributed by atoms with van der Waals surface area (Å²) in [5, 5.41) is 3.38. The molecule has 1 aliphatic rings. The van der Waals surface area contributed by atoms with Gasteiger partial charge < -0.3 is 10.3 Å². The van der Waals surface area contributed by atoms with E-state index in [4.69, 9.17) is 0 Å². The van der Waals surface area contributed by atoms with Gasteiger partial charge in [0.1, 0.15) is 0 Å². The third-order valence-electron chi connectivity index (χ3n) is 3.74. The quantitative estimate of drug-likeness (QED) is 0.827. The number of hydrogen-bond donors (Lipinski definition) is 2. The summed E-state index contributed by atoms with van der Waals surface area (Å²) in [6.45, 7) is 2.18. The van der Waals surface area contributed by atoms with E-state index in [1.807, 2.05) is 13.1 Å². The zero-order valence-electron chi connectivity index (χ0n) is 10.4. The van der Waals surface area contributed by atoms with Gasteiger partial charge in [0, 0.05) is 7.05 Å². The van der Waals surface area contributed by atoms with E-state index in [-0.39, 0.29) is 18.1 Å². The molecule has 2 aromatic rings. The van der Waals surface area contributed by atoms with Crippen LogP contribution in [0.15, 0.2) is 23.0 Å². The van der Waals surface area contributed by atoms with E-state index in [2.05, 4.69) is 22.4 Å². The molecule has 1 aliphatic heterocycles. The number of halogens is 1. The molecular formula is C13H18ClN3O. The second kappa shape index (κ2) is 5.16. The van der Waals surface area contributed by atoms with Gasteiger partial charge in [0.15, 0.2) is 0 Å². The van der Waals surface area contributed by atoms with Crippen LogP contribution in [0, 0.1) is 0 Å². The van der Waals surface area contributed by atoms with Gasteiger partial charge >= 0.3 is 5.69 Å². The molecule has 1 aromatic carbocycles. The SMILES string of the molecule is Cl.Cn1c(=O)[nH]c2ccc(C3CCNCC3)cc21. The first-order valence-electron chi connectivity index (χ1n) is 6.15. The number of nitrogens with one attached hydrogen (secondary N) is 2. The minimum absolute atomic E-state index is 0. The Bertz CT molecular complexity index is 596. The van der Waals surface area contributed by atoms with Crippen LogP contribution in [-0.2, 0) is 7.05 Å². The van der Waals surface area contributed by atoms with Crippen molar-refractivity contribution in [2.24, 2.45) is 7.05 Å². The van der Waals surface area contributed by atoms with Crippen molar-refractivity contribution in [3.63, 3.8) is 0 Å². The first-order chi connectivity index (χ1) is 8.25. The highest BCUT2D eigenvalue weighted by molar-refractivity contribution is 5.85. The number of hydrogen-bond acceptors (Lipinski definition) is 2. The molecule has 18 heavy (non-hydrogen) atoms. The van der Waals surface area contributed by atoms with E-state index in [0.717, 1.165) is 24.1 Å². The molecule has 0 amide bonds. The summed E-state index contributed by atoms with van der Waals surface area (Å²) in [5.74, 6) is 0.630. The van der Waals surface area contributed by atoms with Crippen LogP contribution >= 0.6 is 12.4 Å². The summed E-state index contributed by atoms with van der Waals surface area (Å²) in [6.07, 6.45) is 2.37. The molecule has 4 nitrogen and oxygen atoms in total. The third-order valence-corrected chi connectivity index (χ3v) is 3.74. The Kier molecular flexibility index (Phi) is 3.78. The minimum Gasteiger partial charge on any atom is -0.317 e. The van der Waals surface area contributed by atoms with Crippen molar-refractivity contribution in [2.75, 3.05) is 13.1 Å². The molecular weight excluding hydrogens is 250 g/mol. The van der Waals surface area contributed by atoms with Gasteiger partial charge in [-0.1, -0.05) is 6.07 Å². The van der Waals surface area contributed by atoms with Crippen molar-refractivity contribution in [1.82, 2.24) is 14.9 Å². The van der Waals surface area contributed by atoms with Crippen molar-refractivity contribution in [1.29, 1.82) is 0 Å². The lowest BCUT2D eigenvalue weighted by Crippen LogP contribution is -2.26. The maximum atomic E-state index is 11.5. The van der Waals surface area contributed by atoms with Crippen molar-refractivity contribution >= 4 is 23.4 Å². The Morgan fingerprint density at radius 2 is 2.00 bits per heavy atom. The molecule has 98 valence electrons. The highest BCUT2D eigenvalue weighted by Crippen LogP contribution is 2.27. The number of aryl methyl sites for hydroxylation is 1. The first kappa shape index (κ1) is 13.2. The third kappa shape index (κ3) is 2.18. The van der Waals surface area contributed by atoms with Gasteiger partial charge in [0.2, 0.25) is 0 Å². The van der Waals surface area contributed by atoms with Crippen molar-refractivity contribution in [3.8, 4) is 0 Å². The van der Waals surface area contributed by atoms with Gasteiger partial charge in [-0.2, -0.15) is 0 Å². The molecule has 2 heterocycles. The lowest BCUT2D eigenvalue weighted by molar-refractivity contribution is 0.460. The van der Waals surface area contributed by atoms with E-state index in [0.29, 0.717) is 5.92 Å². The molecule has 2 N–H and O–H groups in total. The topological polar surface area (TPSA) is 49.8 Å². The molecule has 5 heteroatoms. The van der Waals surface area contributed by atoms with E-state index < -0.39 is 0 Å². The van der Waals surface area contributed by atoms with Crippen LogP contribution in [0.4, 0.5) is 0 Å². The van der Waals surface area contributed by atoms with Crippen LogP contribution < -0.4 is 11.0 Å². The molecule has 0 spiro atoms. The Balaban J connectivity index is 0.00000120. The maximum Gasteiger partial charge on any atom is 0.326 e. The van der Waals surface area contributed by atoms with Crippen LogP contribution in [0.2, 0.25) is 0 Å². The Labute approximate surface area is 112 Å². The summed E-state index contributed by atoms with van der Waals surface area (Å²) >= 11 is 0. The number of nitrogens with zero attached hydrogens (tertiary/aromatic N) is 1. The molecule has 0 bridgehead atoms. The predicted molar refractivity (Wildman–Crippen MR) is 75.6 cm³/mol. The van der Waals surface area contributed by atoms with Crippen molar-refractivity contribution < 1.29 is 0 Å². The fourth-order valence-corrected chi connectivity index (χ4v) is 2.65. The monoisotopic (exact) mass is 267 g/mol. The largest absolute Gasteiger partial charge is 0.326 e. The van der Waals surface area contributed by atoms with Crippen molar-refractivity contribution in [3.05, 3.63) is 34.2 Å². The molecule has 1 fully saturated rings. The second-order valence-corrected chi connectivity index (χ2v) is 4.79. The molecule has 0 aliphatic carbocycles. The first-order valence-corrected chi connectivity index (χ1v) is 6.15. The van der Waals surface area contributed by atoms with Crippen LogP contribution in [0.25, 0.3) is 11.0 Å². The molecule has 1 saturated heterocycles. The summed E-state index contributed by atoms with van der Waals surface area (Å²) < 4.78 is 1.68. The number of fused-ring (bicyclic) bond motifs is 1. The van der Waals surface area contributed by atoms with Gasteiger partial charge in [-0.25, -0.2) is 4.79 Å². The number of aromatic nitrogens is 2. The average Bonchev–Trinajstić information content (AvgIpc) is 2.66. The predicted octanol–water partition coefficient (Wildman–Crippen LogP) is 1.76. The lowest BCUT2D eigenvalue weighted by atomic mass is 9.90. The number of H-pyrrole nitrogens is 1. The average molecular weight is 268 g/mol. The zero-order valence-corrected chi connectivity index (χ0v) is 11.2. The number of benzene rings is 1.